The summed E-state index contributed by atoms with van der Waals surface area (Å²) in [6.07, 6.45) is 8.65. The Balaban J connectivity index is 2.32. The SMILES string of the molecule is C=C(C)CCCC1(CC)CCCCO1. The molecule has 1 saturated heterocycles. The van der Waals surface area contributed by atoms with Crippen molar-refractivity contribution in [2.45, 2.75) is 64.4 Å². The van der Waals surface area contributed by atoms with Crippen molar-refractivity contribution in [1.82, 2.24) is 0 Å². The predicted octanol–water partition coefficient (Wildman–Crippen LogP) is 4.08. The lowest BCUT2D eigenvalue weighted by Gasteiger charge is -2.36. The van der Waals surface area contributed by atoms with E-state index in [9.17, 15) is 0 Å². The van der Waals surface area contributed by atoms with Gasteiger partial charge in [0.25, 0.3) is 0 Å². The Morgan fingerprint density at radius 3 is 2.71 bits per heavy atom. The van der Waals surface area contributed by atoms with Crippen LogP contribution in [0.2, 0.25) is 0 Å². The number of hydrogen-bond donors (Lipinski definition) is 0. The molecule has 1 heteroatoms. The van der Waals surface area contributed by atoms with Crippen molar-refractivity contribution < 1.29 is 4.74 Å². The van der Waals surface area contributed by atoms with Crippen molar-refractivity contribution in [3.8, 4) is 0 Å². The van der Waals surface area contributed by atoms with Gasteiger partial charge in [0.15, 0.2) is 0 Å². The van der Waals surface area contributed by atoms with E-state index < -0.39 is 0 Å². The molecule has 0 aliphatic carbocycles. The van der Waals surface area contributed by atoms with Crippen LogP contribution in [-0.4, -0.2) is 12.2 Å². The minimum atomic E-state index is 0.216. The van der Waals surface area contributed by atoms with E-state index >= 15 is 0 Å². The van der Waals surface area contributed by atoms with Gasteiger partial charge in [0.2, 0.25) is 0 Å². The molecule has 0 aromatic heterocycles. The Kier molecular flexibility index (Phi) is 4.67. The van der Waals surface area contributed by atoms with E-state index in [0.29, 0.717) is 0 Å². The van der Waals surface area contributed by atoms with Crippen LogP contribution in [0.4, 0.5) is 0 Å². The third kappa shape index (κ3) is 3.45. The highest BCUT2D eigenvalue weighted by Crippen LogP contribution is 2.33. The lowest BCUT2D eigenvalue weighted by Crippen LogP contribution is -2.35. The highest BCUT2D eigenvalue weighted by atomic mass is 16.5. The van der Waals surface area contributed by atoms with Crippen molar-refractivity contribution in [2.24, 2.45) is 0 Å². The molecule has 0 saturated carbocycles. The van der Waals surface area contributed by atoms with Crippen molar-refractivity contribution in [3.63, 3.8) is 0 Å². The summed E-state index contributed by atoms with van der Waals surface area (Å²) in [6, 6.07) is 0. The van der Waals surface area contributed by atoms with Gasteiger partial charge in [0, 0.05) is 6.61 Å². The van der Waals surface area contributed by atoms with Gasteiger partial charge in [-0.2, -0.15) is 0 Å². The van der Waals surface area contributed by atoms with Crippen molar-refractivity contribution in [3.05, 3.63) is 12.2 Å². The summed E-state index contributed by atoms with van der Waals surface area (Å²) in [4.78, 5) is 0. The molecule has 14 heavy (non-hydrogen) atoms. The second-order valence-corrected chi connectivity index (χ2v) is 4.65. The third-order valence-corrected chi connectivity index (χ3v) is 3.32. The Morgan fingerprint density at radius 2 is 2.21 bits per heavy atom. The van der Waals surface area contributed by atoms with E-state index in [-0.39, 0.29) is 5.60 Å². The van der Waals surface area contributed by atoms with Gasteiger partial charge < -0.3 is 4.74 Å². The molecular weight excluding hydrogens is 172 g/mol. The summed E-state index contributed by atoms with van der Waals surface area (Å²) in [5.74, 6) is 0. The van der Waals surface area contributed by atoms with Crippen LogP contribution >= 0.6 is 0 Å². The van der Waals surface area contributed by atoms with Crippen LogP contribution in [0.15, 0.2) is 12.2 Å². The molecule has 0 radical (unpaired) electrons. The highest BCUT2D eigenvalue weighted by molar-refractivity contribution is 4.90. The standard InChI is InChI=1S/C13H24O/c1-4-13(9-5-6-11-14-13)10-7-8-12(2)3/h2,4-11H2,1,3H3. The van der Waals surface area contributed by atoms with Crippen LogP contribution in [-0.2, 0) is 4.74 Å². The minimum Gasteiger partial charge on any atom is -0.375 e. The fourth-order valence-corrected chi connectivity index (χ4v) is 2.28. The summed E-state index contributed by atoms with van der Waals surface area (Å²) < 4.78 is 5.97. The molecule has 1 fully saturated rings. The molecule has 1 heterocycles. The number of ether oxygens (including phenoxy) is 1. The molecule has 0 bridgehead atoms. The molecule has 0 aromatic carbocycles. The molecule has 82 valence electrons. The largest absolute Gasteiger partial charge is 0.375 e. The second kappa shape index (κ2) is 5.55. The molecular formula is C13H24O. The van der Waals surface area contributed by atoms with E-state index in [0.717, 1.165) is 13.0 Å². The van der Waals surface area contributed by atoms with Crippen LogP contribution in [0, 0.1) is 0 Å². The predicted molar refractivity (Wildman–Crippen MR) is 61.5 cm³/mol. The number of rotatable bonds is 5. The molecule has 1 rings (SSSR count). The first-order chi connectivity index (χ1) is 6.68. The van der Waals surface area contributed by atoms with Gasteiger partial charge >= 0.3 is 0 Å². The fourth-order valence-electron chi connectivity index (χ4n) is 2.28. The normalized spacial score (nSPS) is 27.6. The quantitative estimate of drug-likeness (QED) is 0.602. The maximum atomic E-state index is 5.97. The average Bonchev–Trinajstić information content (AvgIpc) is 2.19. The molecule has 0 amide bonds. The summed E-state index contributed by atoms with van der Waals surface area (Å²) in [7, 11) is 0. The summed E-state index contributed by atoms with van der Waals surface area (Å²) in [5.41, 5.74) is 1.51. The van der Waals surface area contributed by atoms with E-state index in [1.165, 1.54) is 44.1 Å². The highest BCUT2D eigenvalue weighted by Gasteiger charge is 2.30. The molecule has 1 aliphatic rings. The smallest absolute Gasteiger partial charge is 0.0680 e. The molecule has 0 N–H and O–H groups in total. The van der Waals surface area contributed by atoms with Gasteiger partial charge in [0.05, 0.1) is 5.60 Å². The van der Waals surface area contributed by atoms with E-state index in [1.807, 2.05) is 0 Å². The first-order valence-corrected chi connectivity index (χ1v) is 5.97. The van der Waals surface area contributed by atoms with E-state index in [4.69, 9.17) is 4.74 Å². The number of hydrogen-bond acceptors (Lipinski definition) is 1. The van der Waals surface area contributed by atoms with Gasteiger partial charge in [-0.15, -0.1) is 6.58 Å². The van der Waals surface area contributed by atoms with Gasteiger partial charge in [-0.3, -0.25) is 0 Å². The summed E-state index contributed by atoms with van der Waals surface area (Å²) in [5, 5.41) is 0. The molecule has 1 unspecified atom stereocenters. The molecule has 0 aromatic rings. The Labute approximate surface area is 88.5 Å². The zero-order chi connectivity index (χ0) is 10.4. The maximum Gasteiger partial charge on any atom is 0.0680 e. The average molecular weight is 196 g/mol. The van der Waals surface area contributed by atoms with Crippen LogP contribution in [0.3, 0.4) is 0 Å². The van der Waals surface area contributed by atoms with Gasteiger partial charge in [0.1, 0.15) is 0 Å². The van der Waals surface area contributed by atoms with Crippen molar-refractivity contribution in [1.29, 1.82) is 0 Å². The van der Waals surface area contributed by atoms with Crippen LogP contribution in [0.5, 0.6) is 0 Å². The van der Waals surface area contributed by atoms with E-state index in [1.54, 1.807) is 0 Å². The summed E-state index contributed by atoms with van der Waals surface area (Å²) >= 11 is 0. The Bertz CT molecular complexity index is 178. The lowest BCUT2D eigenvalue weighted by atomic mass is 9.86. The van der Waals surface area contributed by atoms with Gasteiger partial charge in [-0.25, -0.2) is 0 Å². The van der Waals surface area contributed by atoms with Crippen LogP contribution in [0.1, 0.15) is 58.8 Å². The monoisotopic (exact) mass is 196 g/mol. The zero-order valence-electron chi connectivity index (χ0n) is 9.77. The van der Waals surface area contributed by atoms with Gasteiger partial charge in [-0.1, -0.05) is 12.5 Å². The van der Waals surface area contributed by atoms with Crippen LogP contribution < -0.4 is 0 Å². The molecule has 1 aliphatic heterocycles. The van der Waals surface area contributed by atoms with Crippen LogP contribution in [0.25, 0.3) is 0 Å². The number of allylic oxidation sites excluding steroid dienone is 1. The molecule has 1 atom stereocenters. The molecule has 1 nitrogen and oxygen atoms in total. The fraction of sp³-hybridized carbons (Fsp3) is 0.846. The Morgan fingerprint density at radius 1 is 1.43 bits per heavy atom. The molecule has 0 spiro atoms. The van der Waals surface area contributed by atoms with Gasteiger partial charge in [-0.05, 0) is 51.9 Å². The lowest BCUT2D eigenvalue weighted by molar-refractivity contribution is -0.0866. The second-order valence-electron chi connectivity index (χ2n) is 4.65. The summed E-state index contributed by atoms with van der Waals surface area (Å²) in [6.45, 7) is 9.29. The maximum absolute atomic E-state index is 5.97. The zero-order valence-corrected chi connectivity index (χ0v) is 9.77. The third-order valence-electron chi connectivity index (χ3n) is 3.32. The topological polar surface area (TPSA) is 9.23 Å². The first-order valence-electron chi connectivity index (χ1n) is 5.97. The van der Waals surface area contributed by atoms with Crippen molar-refractivity contribution >= 4 is 0 Å². The van der Waals surface area contributed by atoms with E-state index in [2.05, 4.69) is 20.4 Å². The van der Waals surface area contributed by atoms with Crippen molar-refractivity contribution in [2.75, 3.05) is 6.61 Å². The Hall–Kier alpha value is -0.300. The first kappa shape index (κ1) is 11.8. The minimum absolute atomic E-state index is 0.216.